The van der Waals surface area contributed by atoms with E-state index < -0.39 is 22.6 Å². The molecular formula is C34H35F3N4O4. The van der Waals surface area contributed by atoms with Gasteiger partial charge in [-0.05, 0) is 43.5 Å². The molecule has 0 saturated carbocycles. The fraction of sp³-hybridized carbons (Fsp3) is 0.324. The Bertz CT molecular complexity index is 1610. The zero-order valence-electron chi connectivity index (χ0n) is 25.1. The van der Waals surface area contributed by atoms with Crippen LogP contribution in [0.15, 0.2) is 102 Å². The van der Waals surface area contributed by atoms with E-state index in [-0.39, 0.29) is 35.8 Å². The molecule has 5 rings (SSSR count). The average molecular weight is 621 g/mol. The summed E-state index contributed by atoms with van der Waals surface area (Å²) < 4.78 is 46.5. The van der Waals surface area contributed by atoms with Gasteiger partial charge in [-0.15, -0.1) is 0 Å². The number of carbonyl (C=O) groups is 1. The van der Waals surface area contributed by atoms with Crippen LogP contribution < -0.4 is 10.1 Å². The lowest BCUT2D eigenvalue weighted by Crippen LogP contribution is -2.50. The van der Waals surface area contributed by atoms with Gasteiger partial charge in [-0.2, -0.15) is 13.2 Å². The topological polar surface area (TPSA) is 88.0 Å². The molecule has 2 aliphatic heterocycles. The van der Waals surface area contributed by atoms with E-state index in [4.69, 9.17) is 4.74 Å². The van der Waals surface area contributed by atoms with Crippen molar-refractivity contribution in [1.82, 2.24) is 15.1 Å². The van der Waals surface area contributed by atoms with Crippen LogP contribution in [0.5, 0.6) is 5.75 Å². The Morgan fingerprint density at radius 1 is 0.933 bits per heavy atom. The van der Waals surface area contributed by atoms with Gasteiger partial charge in [0, 0.05) is 44.0 Å². The summed E-state index contributed by atoms with van der Waals surface area (Å²) in [4.78, 5) is 29.9. The predicted octanol–water partition coefficient (Wildman–Crippen LogP) is 6.14. The molecule has 3 aromatic carbocycles. The molecule has 0 spiro atoms. The highest BCUT2D eigenvalue weighted by Crippen LogP contribution is 2.43. The average Bonchev–Trinajstić information content (AvgIpc) is 3.02. The maximum Gasteiger partial charge on any atom is 0.416 e. The van der Waals surface area contributed by atoms with Crippen LogP contribution in [0.4, 0.5) is 13.2 Å². The molecular weight excluding hydrogens is 585 g/mol. The van der Waals surface area contributed by atoms with Crippen LogP contribution in [0.2, 0.25) is 0 Å². The van der Waals surface area contributed by atoms with Gasteiger partial charge in [-0.25, -0.2) is 0 Å². The van der Waals surface area contributed by atoms with Crippen LogP contribution >= 0.6 is 0 Å². The summed E-state index contributed by atoms with van der Waals surface area (Å²) in [6.45, 7) is 5.65. The molecule has 0 aliphatic carbocycles. The first-order valence-electron chi connectivity index (χ1n) is 14.8. The third-order valence-corrected chi connectivity index (χ3v) is 8.30. The molecule has 0 radical (unpaired) electrons. The molecule has 1 atom stereocenters. The van der Waals surface area contributed by atoms with Crippen LogP contribution in [-0.4, -0.2) is 53.4 Å². The van der Waals surface area contributed by atoms with Crippen LogP contribution in [0.25, 0.3) is 0 Å². The second-order valence-electron chi connectivity index (χ2n) is 11.2. The molecule has 1 unspecified atom stereocenters. The van der Waals surface area contributed by atoms with Crippen molar-refractivity contribution in [3.63, 3.8) is 0 Å². The van der Waals surface area contributed by atoms with Gasteiger partial charge in [0.1, 0.15) is 18.3 Å². The first kappa shape index (κ1) is 31.8. The number of nitrogens with one attached hydrogen (secondary N) is 1. The maximum atomic E-state index is 14.2. The number of amides is 1. The Labute approximate surface area is 259 Å². The summed E-state index contributed by atoms with van der Waals surface area (Å²) in [5, 5.41) is 15.5. The number of hydrogen-bond donors (Lipinski definition) is 1. The SMILES string of the molecule is CC1=C(C(=O)N2CCN(CCc3ccccc3C(F)(F)F)CC2)C(c2ccccc2OCc2ccccc2)C([N+](=O)[O-])=C(C)N1. The molecule has 1 amide bonds. The normalized spacial score (nSPS) is 17.7. The van der Waals surface area contributed by atoms with Crippen LogP contribution in [-0.2, 0) is 24.0 Å². The number of nitrogens with zero attached hydrogens (tertiary/aromatic N) is 3. The molecule has 1 fully saturated rings. The van der Waals surface area contributed by atoms with E-state index >= 15 is 0 Å². The number of halogens is 3. The lowest BCUT2D eigenvalue weighted by atomic mass is 9.82. The summed E-state index contributed by atoms with van der Waals surface area (Å²) in [6, 6.07) is 22.2. The van der Waals surface area contributed by atoms with E-state index in [1.165, 1.54) is 12.1 Å². The van der Waals surface area contributed by atoms with Gasteiger partial charge in [-0.3, -0.25) is 19.8 Å². The fourth-order valence-electron chi connectivity index (χ4n) is 6.04. The molecule has 236 valence electrons. The summed E-state index contributed by atoms with van der Waals surface area (Å²) in [6.07, 6.45) is -4.19. The molecule has 1 saturated heterocycles. The summed E-state index contributed by atoms with van der Waals surface area (Å²) in [7, 11) is 0. The number of hydrogen-bond acceptors (Lipinski definition) is 6. The van der Waals surface area contributed by atoms with Gasteiger partial charge in [0.2, 0.25) is 0 Å². The third kappa shape index (κ3) is 7.20. The van der Waals surface area contributed by atoms with Gasteiger partial charge in [0.15, 0.2) is 0 Å². The van der Waals surface area contributed by atoms with Crippen LogP contribution in [0.3, 0.4) is 0 Å². The summed E-state index contributed by atoms with van der Waals surface area (Å²) in [5.74, 6) is -0.850. The first-order chi connectivity index (χ1) is 21.5. The molecule has 1 N–H and O–H groups in total. The number of dihydropyridines is 1. The Morgan fingerprint density at radius 3 is 2.27 bits per heavy atom. The van der Waals surface area contributed by atoms with Crippen molar-refractivity contribution in [1.29, 1.82) is 0 Å². The third-order valence-electron chi connectivity index (χ3n) is 8.30. The van der Waals surface area contributed by atoms with Gasteiger partial charge in [0.25, 0.3) is 11.6 Å². The number of nitro groups is 1. The van der Waals surface area contributed by atoms with Gasteiger partial charge in [-0.1, -0.05) is 66.7 Å². The minimum absolute atomic E-state index is 0.123. The number of benzene rings is 3. The van der Waals surface area contributed by atoms with Gasteiger partial charge < -0.3 is 15.0 Å². The van der Waals surface area contributed by atoms with Gasteiger partial charge in [0.05, 0.1) is 21.8 Å². The Kier molecular flexibility index (Phi) is 9.57. The maximum absolute atomic E-state index is 14.2. The van der Waals surface area contributed by atoms with Crippen LogP contribution in [0.1, 0.15) is 42.0 Å². The monoisotopic (exact) mass is 620 g/mol. The van der Waals surface area contributed by atoms with E-state index in [2.05, 4.69) is 5.32 Å². The quantitative estimate of drug-likeness (QED) is 0.229. The number of ether oxygens (including phenoxy) is 1. The second kappa shape index (κ2) is 13.6. The highest BCUT2D eigenvalue weighted by molar-refractivity contribution is 5.97. The Balaban J connectivity index is 1.34. The molecule has 11 heteroatoms. The van der Waals surface area contributed by atoms with Crippen molar-refractivity contribution in [2.75, 3.05) is 32.7 Å². The molecule has 45 heavy (non-hydrogen) atoms. The van der Waals surface area contributed by atoms with E-state index in [0.717, 1.165) is 11.6 Å². The minimum atomic E-state index is -4.42. The van der Waals surface area contributed by atoms with Crippen molar-refractivity contribution in [3.05, 3.63) is 134 Å². The van der Waals surface area contributed by atoms with E-state index in [1.54, 1.807) is 49.1 Å². The number of alkyl halides is 3. The largest absolute Gasteiger partial charge is 0.489 e. The zero-order chi connectivity index (χ0) is 32.1. The van der Waals surface area contributed by atoms with Crippen molar-refractivity contribution >= 4 is 5.91 Å². The van der Waals surface area contributed by atoms with Crippen molar-refractivity contribution in [3.8, 4) is 5.75 Å². The van der Waals surface area contributed by atoms with Crippen molar-refractivity contribution < 1.29 is 27.6 Å². The number of piperazine rings is 1. The molecule has 2 aliphatic rings. The summed E-state index contributed by atoms with van der Waals surface area (Å²) in [5.41, 5.74) is 2.08. The molecule has 0 aromatic heterocycles. The van der Waals surface area contributed by atoms with Crippen molar-refractivity contribution in [2.24, 2.45) is 0 Å². The standard InChI is InChI=1S/C34H35F3N4O4/c1-23-30(33(42)40-20-18-39(19-21-40)17-16-26-12-6-8-14-28(26)34(35,36)37)31(32(41(43)44)24(2)38-23)27-13-7-9-15-29(27)45-22-25-10-4-3-5-11-25/h3-15,31,38H,16-22H2,1-2H3. The lowest BCUT2D eigenvalue weighted by molar-refractivity contribution is -0.431. The Morgan fingerprint density at radius 2 is 1.58 bits per heavy atom. The lowest BCUT2D eigenvalue weighted by Gasteiger charge is -2.37. The molecule has 8 nitrogen and oxygen atoms in total. The Hall–Kier alpha value is -4.64. The smallest absolute Gasteiger partial charge is 0.416 e. The number of para-hydroxylation sites is 1. The zero-order valence-corrected chi connectivity index (χ0v) is 25.1. The summed E-state index contributed by atoms with van der Waals surface area (Å²) >= 11 is 0. The minimum Gasteiger partial charge on any atom is -0.489 e. The molecule has 3 aromatic rings. The molecule has 2 heterocycles. The number of carbonyl (C=O) groups excluding carboxylic acids is 1. The number of rotatable bonds is 9. The predicted molar refractivity (Wildman–Crippen MR) is 164 cm³/mol. The van der Waals surface area contributed by atoms with E-state index in [0.29, 0.717) is 55.4 Å². The van der Waals surface area contributed by atoms with Crippen LogP contribution in [0, 0.1) is 10.1 Å². The highest BCUT2D eigenvalue weighted by atomic mass is 19.4. The fourth-order valence-corrected chi connectivity index (χ4v) is 6.04. The first-order valence-corrected chi connectivity index (χ1v) is 14.8. The van der Waals surface area contributed by atoms with E-state index in [1.807, 2.05) is 35.2 Å². The highest BCUT2D eigenvalue weighted by Gasteiger charge is 2.43. The van der Waals surface area contributed by atoms with E-state index in [9.17, 15) is 28.1 Å². The molecule has 0 bridgehead atoms. The number of allylic oxidation sites excluding steroid dienone is 3. The van der Waals surface area contributed by atoms with Gasteiger partial charge >= 0.3 is 6.18 Å². The van der Waals surface area contributed by atoms with Crippen molar-refractivity contribution in [2.45, 2.75) is 39.0 Å². The second-order valence-corrected chi connectivity index (χ2v) is 11.2.